The smallest absolute Gasteiger partial charge is 0.257 e. The molecule has 0 unspecified atom stereocenters. The molecule has 7 nitrogen and oxygen atoms in total. The first kappa shape index (κ1) is 22.5. The van der Waals surface area contributed by atoms with E-state index in [0.29, 0.717) is 13.0 Å². The maximum Gasteiger partial charge on any atom is 0.257 e. The summed E-state index contributed by atoms with van der Waals surface area (Å²) in [6, 6.07) is 17.4. The second-order valence-corrected chi connectivity index (χ2v) is 7.67. The second kappa shape index (κ2) is 10.7. The van der Waals surface area contributed by atoms with Crippen molar-refractivity contribution in [3.05, 3.63) is 65.7 Å². The fourth-order valence-electron chi connectivity index (χ4n) is 3.56. The van der Waals surface area contributed by atoms with Crippen LogP contribution in [-0.2, 0) is 9.59 Å². The molecule has 1 heterocycles. The van der Waals surface area contributed by atoms with Crippen molar-refractivity contribution in [1.82, 2.24) is 15.2 Å². The third-order valence-electron chi connectivity index (χ3n) is 5.16. The van der Waals surface area contributed by atoms with Crippen LogP contribution in [-0.4, -0.2) is 61.2 Å². The van der Waals surface area contributed by atoms with Crippen molar-refractivity contribution in [2.75, 3.05) is 33.8 Å². The maximum atomic E-state index is 13.2. The molecular formula is C24H30N4O3. The lowest BCUT2D eigenvalue weighted by Gasteiger charge is -2.24. The summed E-state index contributed by atoms with van der Waals surface area (Å²) in [5.74, 6) is 0.540. The Kier molecular flexibility index (Phi) is 7.78. The zero-order valence-electron chi connectivity index (χ0n) is 18.4. The van der Waals surface area contributed by atoms with E-state index in [4.69, 9.17) is 4.74 Å². The summed E-state index contributed by atoms with van der Waals surface area (Å²) in [5, 5.41) is 9.08. The van der Waals surface area contributed by atoms with Gasteiger partial charge in [0.25, 0.3) is 5.91 Å². The normalized spacial score (nSPS) is 15.7. The molecule has 0 spiro atoms. The largest absolute Gasteiger partial charge is 0.497 e. The molecule has 2 aromatic rings. The van der Waals surface area contributed by atoms with E-state index in [1.807, 2.05) is 61.5 Å². The number of ether oxygens (including phenoxy) is 1. The van der Waals surface area contributed by atoms with Crippen molar-refractivity contribution >= 4 is 17.5 Å². The highest BCUT2D eigenvalue weighted by Crippen LogP contribution is 2.33. The van der Waals surface area contributed by atoms with Crippen LogP contribution in [0.15, 0.2) is 59.7 Å². The van der Waals surface area contributed by atoms with Crippen molar-refractivity contribution in [3.8, 4) is 5.75 Å². The summed E-state index contributed by atoms with van der Waals surface area (Å²) in [4.78, 5) is 26.9. The Balaban J connectivity index is 1.77. The molecule has 31 heavy (non-hydrogen) atoms. The number of amides is 2. The van der Waals surface area contributed by atoms with Crippen LogP contribution < -0.4 is 10.1 Å². The Morgan fingerprint density at radius 1 is 1.13 bits per heavy atom. The molecule has 1 aliphatic heterocycles. The van der Waals surface area contributed by atoms with Gasteiger partial charge in [-0.15, -0.1) is 0 Å². The molecule has 1 atom stereocenters. The zero-order valence-corrected chi connectivity index (χ0v) is 18.4. The maximum absolute atomic E-state index is 13.2. The Morgan fingerprint density at radius 3 is 2.48 bits per heavy atom. The average Bonchev–Trinajstić information content (AvgIpc) is 3.24. The highest BCUT2D eigenvalue weighted by atomic mass is 16.5. The Hall–Kier alpha value is -3.19. The summed E-state index contributed by atoms with van der Waals surface area (Å²) < 4.78 is 5.26. The SMILES string of the molecule is CCCNC(=O)CN(C)CC(=O)N1N=C(c2ccccc2)C[C@@H]1c1ccc(OC)cc1. The minimum Gasteiger partial charge on any atom is -0.497 e. The first-order chi connectivity index (χ1) is 15.0. The van der Waals surface area contributed by atoms with Crippen molar-refractivity contribution in [1.29, 1.82) is 0 Å². The van der Waals surface area contributed by atoms with Crippen LogP contribution in [0.25, 0.3) is 0 Å². The number of methoxy groups -OCH3 is 1. The third kappa shape index (κ3) is 5.92. The fourth-order valence-corrected chi connectivity index (χ4v) is 3.56. The summed E-state index contributed by atoms with van der Waals surface area (Å²) in [6.07, 6.45) is 1.51. The number of carbonyl (C=O) groups is 2. The van der Waals surface area contributed by atoms with Gasteiger partial charge in [-0.1, -0.05) is 49.4 Å². The van der Waals surface area contributed by atoms with Crippen LogP contribution in [0, 0.1) is 0 Å². The van der Waals surface area contributed by atoms with Gasteiger partial charge < -0.3 is 10.1 Å². The minimum atomic E-state index is -0.198. The van der Waals surface area contributed by atoms with Gasteiger partial charge in [0.2, 0.25) is 5.91 Å². The lowest BCUT2D eigenvalue weighted by molar-refractivity contribution is -0.134. The monoisotopic (exact) mass is 422 g/mol. The number of hydrogen-bond acceptors (Lipinski definition) is 5. The van der Waals surface area contributed by atoms with Crippen LogP contribution in [0.5, 0.6) is 5.75 Å². The van der Waals surface area contributed by atoms with Gasteiger partial charge in [0.1, 0.15) is 5.75 Å². The molecule has 0 saturated heterocycles. The van der Waals surface area contributed by atoms with Crippen molar-refractivity contribution < 1.29 is 14.3 Å². The van der Waals surface area contributed by atoms with E-state index in [0.717, 1.165) is 29.0 Å². The van der Waals surface area contributed by atoms with Crippen molar-refractivity contribution in [3.63, 3.8) is 0 Å². The van der Waals surface area contributed by atoms with Crippen LogP contribution in [0.2, 0.25) is 0 Å². The Bertz CT molecular complexity index is 912. The Morgan fingerprint density at radius 2 is 1.84 bits per heavy atom. The van der Waals surface area contributed by atoms with Crippen LogP contribution in [0.3, 0.4) is 0 Å². The van der Waals surface area contributed by atoms with E-state index in [1.54, 1.807) is 24.1 Å². The predicted octanol–water partition coefficient (Wildman–Crippen LogP) is 2.83. The molecule has 1 N–H and O–H groups in total. The summed E-state index contributed by atoms with van der Waals surface area (Å²) in [5.41, 5.74) is 2.87. The summed E-state index contributed by atoms with van der Waals surface area (Å²) in [7, 11) is 3.40. The number of hydrazone groups is 1. The molecule has 0 bridgehead atoms. The number of nitrogens with one attached hydrogen (secondary N) is 1. The quantitative estimate of drug-likeness (QED) is 0.674. The van der Waals surface area contributed by atoms with Gasteiger partial charge in [-0.2, -0.15) is 5.10 Å². The van der Waals surface area contributed by atoms with E-state index >= 15 is 0 Å². The molecule has 3 rings (SSSR count). The second-order valence-electron chi connectivity index (χ2n) is 7.67. The molecule has 2 amide bonds. The van der Waals surface area contributed by atoms with Gasteiger partial charge in [0, 0.05) is 13.0 Å². The van der Waals surface area contributed by atoms with E-state index in [9.17, 15) is 9.59 Å². The minimum absolute atomic E-state index is 0.0845. The molecule has 0 aliphatic carbocycles. The van der Waals surface area contributed by atoms with E-state index in [2.05, 4.69) is 10.4 Å². The number of rotatable bonds is 9. The first-order valence-corrected chi connectivity index (χ1v) is 10.6. The van der Waals surface area contributed by atoms with Crippen LogP contribution in [0.4, 0.5) is 0 Å². The standard InChI is InChI=1S/C24H30N4O3/c1-4-14-25-23(29)16-27(2)17-24(30)28-22(19-10-12-20(31-3)13-11-19)15-21(26-28)18-8-6-5-7-9-18/h5-13,22H,4,14-17H2,1-3H3,(H,25,29)/t22-/m1/s1. The van der Waals surface area contributed by atoms with Gasteiger partial charge in [-0.3, -0.25) is 14.5 Å². The molecular weight excluding hydrogens is 392 g/mol. The van der Waals surface area contributed by atoms with Gasteiger partial charge in [-0.25, -0.2) is 5.01 Å². The predicted molar refractivity (Wildman–Crippen MR) is 121 cm³/mol. The molecule has 0 saturated carbocycles. The number of benzene rings is 2. The summed E-state index contributed by atoms with van der Waals surface area (Å²) >= 11 is 0. The van der Waals surface area contributed by atoms with Crippen molar-refractivity contribution in [2.24, 2.45) is 5.10 Å². The number of nitrogens with zero attached hydrogens (tertiary/aromatic N) is 3. The number of likely N-dealkylation sites (N-methyl/N-ethyl adjacent to an activating group) is 1. The average molecular weight is 423 g/mol. The summed E-state index contributed by atoms with van der Waals surface area (Å²) in [6.45, 7) is 2.92. The van der Waals surface area contributed by atoms with E-state index in [1.165, 1.54) is 0 Å². The first-order valence-electron chi connectivity index (χ1n) is 10.6. The Labute approximate surface area is 183 Å². The molecule has 0 radical (unpaired) electrons. The van der Waals surface area contributed by atoms with Gasteiger partial charge in [-0.05, 0) is 36.7 Å². The van der Waals surface area contributed by atoms with Gasteiger partial charge in [0.05, 0.1) is 32.0 Å². The highest BCUT2D eigenvalue weighted by Gasteiger charge is 2.33. The topological polar surface area (TPSA) is 74.2 Å². The fraction of sp³-hybridized carbons (Fsp3) is 0.375. The molecule has 2 aromatic carbocycles. The van der Waals surface area contributed by atoms with E-state index in [-0.39, 0.29) is 30.9 Å². The van der Waals surface area contributed by atoms with E-state index < -0.39 is 0 Å². The molecule has 0 fully saturated rings. The molecule has 164 valence electrons. The van der Waals surface area contributed by atoms with Gasteiger partial charge >= 0.3 is 0 Å². The zero-order chi connectivity index (χ0) is 22.2. The lowest BCUT2D eigenvalue weighted by atomic mass is 9.98. The van der Waals surface area contributed by atoms with Crippen LogP contribution in [0.1, 0.15) is 36.9 Å². The number of hydrogen-bond donors (Lipinski definition) is 1. The number of carbonyl (C=O) groups excluding carboxylic acids is 2. The molecule has 7 heteroatoms. The lowest BCUT2D eigenvalue weighted by Crippen LogP contribution is -2.41. The van der Waals surface area contributed by atoms with Gasteiger partial charge in [0.15, 0.2) is 0 Å². The highest BCUT2D eigenvalue weighted by molar-refractivity contribution is 6.03. The molecule has 1 aliphatic rings. The van der Waals surface area contributed by atoms with Crippen LogP contribution >= 0.6 is 0 Å². The van der Waals surface area contributed by atoms with Crippen molar-refractivity contribution in [2.45, 2.75) is 25.8 Å². The molecule has 0 aromatic heterocycles. The third-order valence-corrected chi connectivity index (χ3v) is 5.16.